The van der Waals surface area contributed by atoms with Crippen LogP contribution >= 0.6 is 23.2 Å². The number of amides is 2. The maximum Gasteiger partial charge on any atom is 0.277 e. The van der Waals surface area contributed by atoms with Gasteiger partial charge in [-0.05, 0) is 110 Å². The molecule has 0 fully saturated rings. The van der Waals surface area contributed by atoms with Crippen molar-refractivity contribution in [3.8, 4) is 28.7 Å². The number of benzene rings is 4. The van der Waals surface area contributed by atoms with E-state index in [1.54, 1.807) is 30.2 Å². The van der Waals surface area contributed by atoms with E-state index in [9.17, 15) is 9.59 Å². The number of carbonyl (C=O) groups excluding carboxylic acids is 3. The van der Waals surface area contributed by atoms with E-state index in [-0.39, 0.29) is 42.5 Å². The van der Waals surface area contributed by atoms with E-state index in [2.05, 4.69) is 15.3 Å². The standard InChI is InChI=1S/C48H46Cl2N4O7.CH4O.CH2O/c1-27(2)47-53-45(30(5)59-47)48(56)54-24-35-23-43-42(58-26-44(61-43)33-9-13-36(14-10-33)57-25-32-8-15-38(49)39(50)20-32)22-34(35)21-40(54)46(55)52-18-16-31-6-11-37(12-7-31)60-41-17-19-51-29(4)28(41)3;2*1-2/h6-15,17,19-20,22-23,27,40,44H,16,18,21,24-26H2,1-5H3,(H,52,55);2H,1H3;1H2. The van der Waals surface area contributed by atoms with Crippen molar-refractivity contribution in [2.24, 2.45) is 0 Å². The van der Waals surface area contributed by atoms with Crippen molar-refractivity contribution >= 4 is 41.8 Å². The Morgan fingerprint density at radius 2 is 1.58 bits per heavy atom. The number of nitrogens with zero attached hydrogens (tertiary/aromatic N) is 3. The predicted molar refractivity (Wildman–Crippen MR) is 247 cm³/mol. The smallest absolute Gasteiger partial charge is 0.277 e. The number of carbonyl (C=O) groups is 3. The molecule has 0 saturated heterocycles. The molecule has 2 atom stereocenters. The van der Waals surface area contributed by atoms with Crippen LogP contribution in [0.25, 0.3) is 0 Å². The van der Waals surface area contributed by atoms with Crippen molar-refractivity contribution in [2.45, 2.75) is 78.7 Å². The highest BCUT2D eigenvalue weighted by atomic mass is 35.5. The lowest BCUT2D eigenvalue weighted by Crippen LogP contribution is -2.53. The maximum absolute atomic E-state index is 14.3. The van der Waals surface area contributed by atoms with Gasteiger partial charge in [0.05, 0.1) is 10.0 Å². The number of aryl methyl sites for hydroxylation is 2. The third-order valence-electron chi connectivity index (χ3n) is 11.0. The van der Waals surface area contributed by atoms with Crippen molar-refractivity contribution in [2.75, 3.05) is 20.3 Å². The average molecular weight is 924 g/mol. The van der Waals surface area contributed by atoms with E-state index in [1.165, 1.54) is 0 Å². The highest BCUT2D eigenvalue weighted by Gasteiger charge is 2.38. The number of hydrogen-bond donors (Lipinski definition) is 2. The number of fused-ring (bicyclic) bond motifs is 2. The largest absolute Gasteiger partial charge is 0.489 e. The van der Waals surface area contributed by atoms with Crippen LogP contribution in [0.15, 0.2) is 95.5 Å². The van der Waals surface area contributed by atoms with Crippen LogP contribution in [0.4, 0.5) is 0 Å². The molecule has 2 aromatic heterocycles. The number of aromatic nitrogens is 2. The average Bonchev–Trinajstić information content (AvgIpc) is 3.73. The number of halogens is 2. The minimum atomic E-state index is -0.797. The topological polar surface area (TPSA) is 163 Å². The van der Waals surface area contributed by atoms with Gasteiger partial charge in [-0.15, -0.1) is 0 Å². The molecule has 15 heteroatoms. The molecular formula is C50H52Cl2N4O9. The number of nitrogens with one attached hydrogen (secondary N) is 1. The van der Waals surface area contributed by atoms with Gasteiger partial charge in [-0.25, -0.2) is 4.98 Å². The first-order valence-corrected chi connectivity index (χ1v) is 21.8. The SMILES string of the molecule is C=O.CO.Cc1nccc(Oc2ccc(CCNC(=O)C3Cc4cc5c(cc4CN3C(=O)c3nc(C(C)C)oc3C)OC(c3ccc(OCc4ccc(Cl)c(Cl)c4)cc3)CO5)cc2)c1C. The van der Waals surface area contributed by atoms with Crippen molar-refractivity contribution < 1.29 is 42.9 Å². The molecule has 2 aliphatic rings. The zero-order valence-corrected chi connectivity index (χ0v) is 38.7. The van der Waals surface area contributed by atoms with Crippen LogP contribution in [-0.2, 0) is 35.6 Å². The van der Waals surface area contributed by atoms with Crippen LogP contribution in [0.1, 0.15) is 87.1 Å². The number of pyridine rings is 1. The number of aliphatic hydroxyl groups is 1. The molecule has 13 nitrogen and oxygen atoms in total. The minimum absolute atomic E-state index is 0.0136. The van der Waals surface area contributed by atoms with Crippen LogP contribution in [-0.4, -0.2) is 64.9 Å². The van der Waals surface area contributed by atoms with Gasteiger partial charge in [0.25, 0.3) is 5.91 Å². The summed E-state index contributed by atoms with van der Waals surface area (Å²) >= 11 is 12.2. The van der Waals surface area contributed by atoms with Crippen LogP contribution in [0.2, 0.25) is 10.0 Å². The summed E-state index contributed by atoms with van der Waals surface area (Å²) in [6.45, 7) is 12.7. The molecule has 0 radical (unpaired) electrons. The van der Waals surface area contributed by atoms with E-state index < -0.39 is 6.04 Å². The summed E-state index contributed by atoms with van der Waals surface area (Å²) in [5, 5.41) is 11.1. The van der Waals surface area contributed by atoms with Gasteiger partial charge < -0.3 is 43.5 Å². The Bertz CT molecular complexity index is 2600. The summed E-state index contributed by atoms with van der Waals surface area (Å²) in [6, 6.07) is 25.8. The van der Waals surface area contributed by atoms with E-state index in [0.717, 1.165) is 51.9 Å². The Balaban J connectivity index is 0.00000170. The quantitative estimate of drug-likeness (QED) is 0.120. The molecule has 2 aliphatic heterocycles. The molecule has 6 aromatic rings. The molecule has 8 rings (SSSR count). The second-order valence-corrected chi connectivity index (χ2v) is 16.5. The Labute approximate surface area is 388 Å². The van der Waals surface area contributed by atoms with Gasteiger partial charge in [0.1, 0.15) is 49.1 Å². The van der Waals surface area contributed by atoms with Crippen LogP contribution in [0.3, 0.4) is 0 Å². The van der Waals surface area contributed by atoms with Gasteiger partial charge in [-0.3, -0.25) is 14.6 Å². The molecule has 0 spiro atoms. The molecule has 2 N–H and O–H groups in total. The van der Waals surface area contributed by atoms with Crippen molar-refractivity contribution in [3.05, 3.63) is 158 Å². The molecule has 2 amide bonds. The van der Waals surface area contributed by atoms with Crippen molar-refractivity contribution in [1.29, 1.82) is 0 Å². The van der Waals surface area contributed by atoms with Gasteiger partial charge in [-0.2, -0.15) is 0 Å². The summed E-state index contributed by atoms with van der Waals surface area (Å²) in [6.07, 6.45) is 2.23. The van der Waals surface area contributed by atoms with Crippen LogP contribution in [0.5, 0.6) is 28.7 Å². The second kappa shape index (κ2) is 22.0. The molecule has 340 valence electrons. The van der Waals surface area contributed by atoms with Gasteiger partial charge in [-0.1, -0.05) is 67.4 Å². The molecule has 0 saturated carbocycles. The zero-order chi connectivity index (χ0) is 46.8. The normalized spacial score (nSPS) is 14.8. The maximum atomic E-state index is 14.3. The highest BCUT2D eigenvalue weighted by Crippen LogP contribution is 2.41. The first kappa shape index (κ1) is 48.1. The molecule has 4 heterocycles. The first-order chi connectivity index (χ1) is 31.4. The lowest BCUT2D eigenvalue weighted by Gasteiger charge is -2.37. The Hall–Kier alpha value is -6.41. The van der Waals surface area contributed by atoms with Crippen LogP contribution < -0.4 is 24.3 Å². The number of rotatable bonds is 12. The summed E-state index contributed by atoms with van der Waals surface area (Å²) in [5.74, 6) is 3.56. The minimum Gasteiger partial charge on any atom is -0.489 e. The fraction of sp³-hybridized carbons (Fsp3) is 0.300. The molecule has 2 unspecified atom stereocenters. The van der Waals surface area contributed by atoms with Gasteiger partial charge in [0.2, 0.25) is 5.91 Å². The third kappa shape index (κ3) is 11.5. The molecular weight excluding hydrogens is 871 g/mol. The van der Waals surface area contributed by atoms with E-state index in [0.29, 0.717) is 70.9 Å². The molecule has 0 bridgehead atoms. The molecule has 65 heavy (non-hydrogen) atoms. The summed E-state index contributed by atoms with van der Waals surface area (Å²) in [4.78, 5) is 46.8. The first-order valence-electron chi connectivity index (χ1n) is 21.0. The third-order valence-corrected chi connectivity index (χ3v) is 11.8. The summed E-state index contributed by atoms with van der Waals surface area (Å²) in [5.41, 5.74) is 6.73. The summed E-state index contributed by atoms with van der Waals surface area (Å²) in [7, 11) is 1.00. The van der Waals surface area contributed by atoms with Crippen LogP contribution in [0, 0.1) is 20.8 Å². The summed E-state index contributed by atoms with van der Waals surface area (Å²) < 4.78 is 30.7. The van der Waals surface area contributed by atoms with E-state index in [1.807, 2.05) is 107 Å². The van der Waals surface area contributed by atoms with E-state index in [4.69, 9.17) is 56.5 Å². The Kier molecular flexibility index (Phi) is 16.3. The number of hydrogen-bond acceptors (Lipinski definition) is 11. The molecule has 0 aliphatic carbocycles. The lowest BCUT2D eigenvalue weighted by molar-refractivity contribution is -0.126. The van der Waals surface area contributed by atoms with E-state index >= 15 is 0 Å². The number of ether oxygens (including phenoxy) is 4. The van der Waals surface area contributed by atoms with Gasteiger partial charge >= 0.3 is 0 Å². The zero-order valence-electron chi connectivity index (χ0n) is 37.2. The van der Waals surface area contributed by atoms with Gasteiger partial charge in [0, 0.05) is 50.0 Å². The molecule has 4 aromatic carbocycles. The monoisotopic (exact) mass is 922 g/mol. The Morgan fingerprint density at radius 3 is 2.28 bits per heavy atom. The Morgan fingerprint density at radius 1 is 0.892 bits per heavy atom. The predicted octanol–water partition coefficient (Wildman–Crippen LogP) is 9.66. The number of aliphatic hydroxyl groups excluding tert-OH is 1. The highest BCUT2D eigenvalue weighted by molar-refractivity contribution is 6.42. The second-order valence-electron chi connectivity index (χ2n) is 15.7. The van der Waals surface area contributed by atoms with Gasteiger partial charge in [0.15, 0.2) is 29.2 Å². The van der Waals surface area contributed by atoms with Crippen molar-refractivity contribution in [1.82, 2.24) is 20.2 Å². The fourth-order valence-corrected chi connectivity index (χ4v) is 7.68. The lowest BCUT2D eigenvalue weighted by atomic mass is 9.92. The number of oxazole rings is 1. The van der Waals surface area contributed by atoms with Crippen molar-refractivity contribution in [3.63, 3.8) is 0 Å². The fourth-order valence-electron chi connectivity index (χ4n) is 7.36.